The summed E-state index contributed by atoms with van der Waals surface area (Å²) in [5.41, 5.74) is 6.26. The predicted octanol–water partition coefficient (Wildman–Crippen LogP) is 3.53. The summed E-state index contributed by atoms with van der Waals surface area (Å²) in [4.78, 5) is 23.4. The first-order valence-corrected chi connectivity index (χ1v) is 7.42. The lowest BCUT2D eigenvalue weighted by atomic mass is 10.0. The third kappa shape index (κ3) is 4.86. The normalized spacial score (nSPS) is 9.68. The van der Waals surface area contributed by atoms with Gasteiger partial charge in [0.2, 0.25) is 0 Å². The first kappa shape index (κ1) is 18.2. The molecule has 0 amide bonds. The zero-order chi connectivity index (χ0) is 16.7. The summed E-state index contributed by atoms with van der Waals surface area (Å²) < 4.78 is 13.5. The molecule has 0 fully saturated rings. The van der Waals surface area contributed by atoms with E-state index in [0.717, 1.165) is 5.56 Å². The topological polar surface area (TPSA) is 60.2 Å². The Hall–Kier alpha value is -1.85. The summed E-state index contributed by atoms with van der Waals surface area (Å²) in [6.45, 7) is 1.52. The maximum atomic E-state index is 12.9. The molecule has 116 valence electrons. The number of ketones is 2. The smallest absolute Gasteiger partial charge is 0.194 e. The lowest BCUT2D eigenvalue weighted by Gasteiger charge is -2.06. The Bertz CT molecular complexity index is 669. The maximum Gasteiger partial charge on any atom is 0.194 e. The fourth-order valence-electron chi connectivity index (χ4n) is 1.90. The molecule has 0 aliphatic heterocycles. The van der Waals surface area contributed by atoms with Crippen LogP contribution in [0.2, 0.25) is 0 Å². The highest BCUT2D eigenvalue weighted by Gasteiger charge is 2.13. The van der Waals surface area contributed by atoms with E-state index >= 15 is 0 Å². The second kappa shape index (κ2) is 8.56. The first-order valence-electron chi connectivity index (χ1n) is 6.63. The number of hydrogen-bond acceptors (Lipinski definition) is 3. The van der Waals surface area contributed by atoms with Gasteiger partial charge in [0, 0.05) is 22.0 Å². The van der Waals surface area contributed by atoms with Gasteiger partial charge in [-0.2, -0.15) is 0 Å². The van der Waals surface area contributed by atoms with E-state index in [4.69, 9.17) is 0 Å². The Morgan fingerprint density at radius 1 is 1.09 bits per heavy atom. The third-order valence-electron chi connectivity index (χ3n) is 2.84. The molecule has 2 aromatic rings. The van der Waals surface area contributed by atoms with E-state index in [0.29, 0.717) is 22.0 Å². The molecule has 0 saturated carbocycles. The van der Waals surface area contributed by atoms with Crippen LogP contribution in [0.25, 0.3) is 0 Å². The molecule has 0 aromatic heterocycles. The van der Waals surface area contributed by atoms with Gasteiger partial charge in [0.25, 0.3) is 0 Å². The average Bonchev–Trinajstić information content (AvgIpc) is 2.49. The summed E-state index contributed by atoms with van der Waals surface area (Å²) in [6, 6.07) is 10.6. The number of halogens is 2. The van der Waals surface area contributed by atoms with E-state index in [-0.39, 0.29) is 17.4 Å². The van der Waals surface area contributed by atoms with Crippen molar-refractivity contribution in [3.8, 4) is 0 Å². The van der Waals surface area contributed by atoms with Crippen molar-refractivity contribution in [3.05, 3.63) is 69.4 Å². The van der Waals surface area contributed by atoms with E-state index < -0.39 is 0 Å². The van der Waals surface area contributed by atoms with Crippen molar-refractivity contribution in [2.45, 2.75) is 13.3 Å². The summed E-state index contributed by atoms with van der Waals surface area (Å²) in [5, 5.41) is 0. The number of Topliss-reactive ketones (excluding diaryl/α,β-unsaturated/α-hetero) is 1. The SMILES string of the molecule is CC(=O)Cc1ccc(C(=O)c2ccc(F)cc2)c(Br)c1.CN. The number of nitrogens with two attached hydrogens (primary N) is 1. The Kier molecular flexibility index (Phi) is 7.08. The van der Waals surface area contributed by atoms with Crippen LogP contribution >= 0.6 is 15.9 Å². The van der Waals surface area contributed by atoms with Crippen molar-refractivity contribution in [3.63, 3.8) is 0 Å². The largest absolute Gasteiger partial charge is 0.333 e. The average molecular weight is 366 g/mol. The quantitative estimate of drug-likeness (QED) is 0.843. The molecular weight excluding hydrogens is 349 g/mol. The molecule has 0 bridgehead atoms. The van der Waals surface area contributed by atoms with Gasteiger partial charge >= 0.3 is 0 Å². The van der Waals surface area contributed by atoms with E-state index in [2.05, 4.69) is 21.7 Å². The molecule has 5 heteroatoms. The van der Waals surface area contributed by atoms with Crippen LogP contribution in [0.5, 0.6) is 0 Å². The minimum atomic E-state index is -0.377. The van der Waals surface area contributed by atoms with Crippen molar-refractivity contribution in [1.29, 1.82) is 0 Å². The van der Waals surface area contributed by atoms with E-state index in [1.165, 1.54) is 38.2 Å². The molecule has 0 atom stereocenters. The van der Waals surface area contributed by atoms with E-state index in [1.807, 2.05) is 0 Å². The Labute approximate surface area is 137 Å². The molecule has 0 spiro atoms. The van der Waals surface area contributed by atoms with E-state index in [9.17, 15) is 14.0 Å². The second-order valence-corrected chi connectivity index (χ2v) is 5.38. The maximum absolute atomic E-state index is 12.9. The fourth-order valence-corrected chi connectivity index (χ4v) is 2.50. The number of rotatable bonds is 4. The highest BCUT2D eigenvalue weighted by Crippen LogP contribution is 2.22. The standard InChI is InChI=1S/C16H12BrFO2.CH5N/c1-10(19)8-11-2-7-14(15(17)9-11)16(20)12-3-5-13(18)6-4-12;1-2/h2-7,9H,8H2,1H3;2H2,1H3. The summed E-state index contributed by atoms with van der Waals surface area (Å²) in [7, 11) is 1.50. The molecule has 0 saturated heterocycles. The number of carbonyl (C=O) groups excluding carboxylic acids is 2. The van der Waals surface area contributed by atoms with Crippen molar-refractivity contribution in [2.75, 3.05) is 7.05 Å². The van der Waals surface area contributed by atoms with Gasteiger partial charge < -0.3 is 5.73 Å². The minimum absolute atomic E-state index is 0.0644. The van der Waals surface area contributed by atoms with Crippen LogP contribution in [-0.4, -0.2) is 18.6 Å². The lowest BCUT2D eigenvalue weighted by Crippen LogP contribution is -2.04. The van der Waals surface area contributed by atoms with Crippen LogP contribution < -0.4 is 5.73 Å². The third-order valence-corrected chi connectivity index (χ3v) is 3.49. The molecule has 0 aliphatic rings. The number of benzene rings is 2. The highest BCUT2D eigenvalue weighted by molar-refractivity contribution is 9.10. The Morgan fingerprint density at radius 3 is 2.18 bits per heavy atom. The van der Waals surface area contributed by atoms with Gasteiger partial charge in [-0.05, 0) is 55.9 Å². The highest BCUT2D eigenvalue weighted by atomic mass is 79.9. The molecule has 3 nitrogen and oxygen atoms in total. The van der Waals surface area contributed by atoms with E-state index in [1.54, 1.807) is 18.2 Å². The van der Waals surface area contributed by atoms with Crippen molar-refractivity contribution >= 4 is 27.5 Å². The van der Waals surface area contributed by atoms with Crippen molar-refractivity contribution in [2.24, 2.45) is 5.73 Å². The van der Waals surface area contributed by atoms with Crippen molar-refractivity contribution in [1.82, 2.24) is 0 Å². The summed E-state index contributed by atoms with van der Waals surface area (Å²) >= 11 is 3.34. The zero-order valence-corrected chi connectivity index (χ0v) is 14.0. The van der Waals surface area contributed by atoms with Gasteiger partial charge in [-0.1, -0.05) is 22.0 Å². The van der Waals surface area contributed by atoms with Gasteiger partial charge in [-0.15, -0.1) is 0 Å². The number of hydrogen-bond donors (Lipinski definition) is 1. The first-order chi connectivity index (χ1) is 10.5. The summed E-state index contributed by atoms with van der Waals surface area (Å²) in [5.74, 6) is -0.502. The van der Waals surface area contributed by atoms with Crippen LogP contribution in [0.4, 0.5) is 4.39 Å². The molecule has 2 N–H and O–H groups in total. The molecular formula is C17H17BrFNO2. The molecule has 2 aromatic carbocycles. The Balaban J connectivity index is 0.00000116. The summed E-state index contributed by atoms with van der Waals surface area (Å²) in [6.07, 6.45) is 0.337. The van der Waals surface area contributed by atoms with Gasteiger partial charge in [-0.25, -0.2) is 4.39 Å². The van der Waals surface area contributed by atoms with Crippen LogP contribution in [0.1, 0.15) is 28.4 Å². The predicted molar refractivity (Wildman–Crippen MR) is 88.5 cm³/mol. The molecule has 0 radical (unpaired) electrons. The lowest BCUT2D eigenvalue weighted by molar-refractivity contribution is -0.116. The van der Waals surface area contributed by atoms with Crippen LogP contribution in [0.15, 0.2) is 46.9 Å². The van der Waals surface area contributed by atoms with Gasteiger partial charge in [0.1, 0.15) is 11.6 Å². The monoisotopic (exact) mass is 365 g/mol. The zero-order valence-electron chi connectivity index (χ0n) is 12.4. The molecule has 0 heterocycles. The van der Waals surface area contributed by atoms with Crippen LogP contribution in [0, 0.1) is 5.82 Å². The second-order valence-electron chi connectivity index (χ2n) is 4.53. The van der Waals surface area contributed by atoms with Gasteiger partial charge in [0.05, 0.1) is 0 Å². The van der Waals surface area contributed by atoms with Gasteiger partial charge in [0.15, 0.2) is 5.78 Å². The van der Waals surface area contributed by atoms with Crippen LogP contribution in [-0.2, 0) is 11.2 Å². The number of carbonyl (C=O) groups is 2. The molecule has 0 unspecified atom stereocenters. The fraction of sp³-hybridized carbons (Fsp3) is 0.176. The van der Waals surface area contributed by atoms with Crippen molar-refractivity contribution < 1.29 is 14.0 Å². The van der Waals surface area contributed by atoms with Crippen LogP contribution in [0.3, 0.4) is 0 Å². The molecule has 22 heavy (non-hydrogen) atoms. The van der Waals surface area contributed by atoms with Gasteiger partial charge in [-0.3, -0.25) is 9.59 Å². The molecule has 2 rings (SSSR count). The molecule has 0 aliphatic carbocycles. The minimum Gasteiger partial charge on any atom is -0.333 e. The Morgan fingerprint density at radius 2 is 1.68 bits per heavy atom.